The van der Waals surface area contributed by atoms with E-state index in [0.717, 1.165) is 51.4 Å². The van der Waals surface area contributed by atoms with Crippen LogP contribution in [0.1, 0.15) is 148 Å². The molecule has 12 nitrogen and oxygen atoms in total. The Bertz CT molecular complexity index is 1790. The third kappa shape index (κ3) is 8.00. The zero-order chi connectivity index (χ0) is 41.9. The van der Waals surface area contributed by atoms with Gasteiger partial charge >= 0.3 is 12.2 Å². The van der Waals surface area contributed by atoms with Crippen molar-refractivity contribution in [1.82, 2.24) is 19.6 Å². The number of amides is 6. The van der Waals surface area contributed by atoms with Crippen LogP contribution < -0.4 is 0 Å². The van der Waals surface area contributed by atoms with E-state index in [1.807, 2.05) is 51.3 Å². The van der Waals surface area contributed by atoms with E-state index < -0.39 is 11.2 Å². The molecule has 2 saturated heterocycles. The Morgan fingerprint density at radius 2 is 0.862 bits per heavy atom. The molecule has 6 aliphatic rings. The Balaban J connectivity index is 0.000000177. The predicted octanol–water partition coefficient (Wildman–Crippen LogP) is 8.20. The Labute approximate surface area is 342 Å². The highest BCUT2D eigenvalue weighted by atomic mass is 16.6. The largest absolute Gasteiger partial charge is 0.444 e. The lowest BCUT2D eigenvalue weighted by molar-refractivity contribution is 0.0192. The average molecular weight is 797 g/mol. The molecule has 2 saturated carbocycles. The molecule has 4 fully saturated rings. The van der Waals surface area contributed by atoms with Gasteiger partial charge in [-0.15, -0.1) is 0 Å². The van der Waals surface area contributed by atoms with Crippen LogP contribution in [0.2, 0.25) is 0 Å². The average Bonchev–Trinajstić information content (AvgIpc) is 3.88. The van der Waals surface area contributed by atoms with Crippen LogP contribution in [0.3, 0.4) is 0 Å². The van der Waals surface area contributed by atoms with Gasteiger partial charge in [-0.3, -0.25) is 29.0 Å². The van der Waals surface area contributed by atoms with Gasteiger partial charge < -0.3 is 19.3 Å². The monoisotopic (exact) mass is 796 g/mol. The lowest BCUT2D eigenvalue weighted by atomic mass is 9.67. The summed E-state index contributed by atoms with van der Waals surface area (Å²) in [5, 5.41) is 0. The molecule has 2 spiro atoms. The second-order valence-corrected chi connectivity index (χ2v) is 19.9. The van der Waals surface area contributed by atoms with Gasteiger partial charge in [0, 0.05) is 38.3 Å². The van der Waals surface area contributed by atoms with Gasteiger partial charge in [-0.25, -0.2) is 9.59 Å². The molecule has 0 bridgehead atoms. The second kappa shape index (κ2) is 15.1. The maximum Gasteiger partial charge on any atom is 0.410 e. The second-order valence-electron chi connectivity index (χ2n) is 19.9. The summed E-state index contributed by atoms with van der Waals surface area (Å²) in [6.45, 7) is 18.4. The van der Waals surface area contributed by atoms with E-state index >= 15 is 0 Å². The van der Waals surface area contributed by atoms with Gasteiger partial charge in [-0.05, 0) is 140 Å². The van der Waals surface area contributed by atoms with E-state index in [4.69, 9.17) is 9.47 Å². The summed E-state index contributed by atoms with van der Waals surface area (Å²) < 4.78 is 11.1. The van der Waals surface area contributed by atoms with Crippen molar-refractivity contribution < 1.29 is 38.2 Å². The molecule has 2 aromatic carbocycles. The summed E-state index contributed by atoms with van der Waals surface area (Å²) in [6, 6.07) is 14.0. The van der Waals surface area contributed by atoms with Crippen LogP contribution in [-0.2, 0) is 9.47 Å². The van der Waals surface area contributed by atoms with E-state index in [0.29, 0.717) is 48.4 Å². The first kappa shape index (κ1) is 41.4. The molecule has 12 heteroatoms. The molecule has 2 aromatic rings. The fourth-order valence-electron chi connectivity index (χ4n) is 10.7. The summed E-state index contributed by atoms with van der Waals surface area (Å²) >= 11 is 0. The molecule has 0 radical (unpaired) electrons. The maximum atomic E-state index is 12.9. The molecule has 4 heterocycles. The fourth-order valence-corrected chi connectivity index (χ4v) is 10.7. The van der Waals surface area contributed by atoms with Crippen molar-refractivity contribution in [2.45, 2.75) is 130 Å². The number of rotatable bonds is 2. The van der Waals surface area contributed by atoms with Crippen LogP contribution in [0.4, 0.5) is 9.59 Å². The summed E-state index contributed by atoms with van der Waals surface area (Å²) in [6.07, 6.45) is 6.62. The standard InChI is InChI=1S/2C23H30N2O4/c2*1-15-13-23(11-12-24(14-23)21(28)29-22(2,3)4)10-9-18(15)25-19(26)16-7-5-6-8-17(16)20(25)27/h2*5-8,15,18H,9-14H2,1-4H3/t15-,18?,23-;15-,18-,23+/m01/s1. The Hall–Kier alpha value is -4.74. The number of ether oxygens (including phenoxy) is 2. The van der Waals surface area contributed by atoms with Gasteiger partial charge in [0.2, 0.25) is 0 Å². The van der Waals surface area contributed by atoms with E-state index in [2.05, 4.69) is 13.8 Å². The van der Waals surface area contributed by atoms with Crippen molar-refractivity contribution in [3.63, 3.8) is 0 Å². The highest BCUT2D eigenvalue weighted by Gasteiger charge is 2.52. The number of fused-ring (bicyclic) bond motifs is 2. The van der Waals surface area contributed by atoms with Crippen LogP contribution in [0.15, 0.2) is 48.5 Å². The summed E-state index contributed by atoms with van der Waals surface area (Å²) in [4.78, 5) is 83.0. The number of benzene rings is 2. The van der Waals surface area contributed by atoms with Crippen molar-refractivity contribution in [3.05, 3.63) is 70.8 Å². The van der Waals surface area contributed by atoms with Gasteiger partial charge in [-0.2, -0.15) is 0 Å². The smallest absolute Gasteiger partial charge is 0.410 e. The van der Waals surface area contributed by atoms with E-state index in [1.165, 1.54) is 9.80 Å². The number of carbonyl (C=O) groups is 6. The first-order valence-electron chi connectivity index (χ1n) is 21.1. The summed E-state index contributed by atoms with van der Waals surface area (Å²) in [5.74, 6) is -0.269. The third-order valence-corrected chi connectivity index (χ3v) is 13.3. The Morgan fingerprint density at radius 1 is 0.552 bits per heavy atom. The molecule has 4 aliphatic heterocycles. The molecule has 312 valence electrons. The minimum absolute atomic E-state index is 0.0610. The molecular formula is C46H60N4O8. The molecule has 0 N–H and O–H groups in total. The highest BCUT2D eigenvalue weighted by Crippen LogP contribution is 2.50. The fraction of sp³-hybridized carbons (Fsp3) is 0.609. The van der Waals surface area contributed by atoms with Crippen molar-refractivity contribution >= 4 is 35.8 Å². The Kier molecular flexibility index (Phi) is 10.8. The third-order valence-electron chi connectivity index (χ3n) is 13.3. The number of hydrogen-bond donors (Lipinski definition) is 0. The molecule has 8 rings (SSSR count). The predicted molar refractivity (Wildman–Crippen MR) is 217 cm³/mol. The summed E-state index contributed by atoms with van der Waals surface area (Å²) in [5.41, 5.74) is 1.19. The molecule has 0 aromatic heterocycles. The number of carbonyl (C=O) groups excluding carboxylic acids is 6. The zero-order valence-corrected chi connectivity index (χ0v) is 35.5. The van der Waals surface area contributed by atoms with Crippen LogP contribution in [-0.4, -0.2) is 105 Å². The number of likely N-dealkylation sites (tertiary alicyclic amines) is 2. The van der Waals surface area contributed by atoms with E-state index in [-0.39, 0.29) is 70.6 Å². The molecule has 6 atom stereocenters. The van der Waals surface area contributed by atoms with Gasteiger partial charge in [-0.1, -0.05) is 38.1 Å². The first-order valence-corrected chi connectivity index (χ1v) is 21.1. The number of imide groups is 2. The molecule has 2 aliphatic carbocycles. The molecule has 58 heavy (non-hydrogen) atoms. The lowest BCUT2D eigenvalue weighted by Crippen LogP contribution is -2.49. The molecule has 6 amide bonds. The zero-order valence-electron chi connectivity index (χ0n) is 35.5. The lowest BCUT2D eigenvalue weighted by Gasteiger charge is -2.44. The summed E-state index contributed by atoms with van der Waals surface area (Å²) in [7, 11) is 0. The molecule has 1 unspecified atom stereocenters. The minimum atomic E-state index is -0.497. The minimum Gasteiger partial charge on any atom is -0.444 e. The van der Waals surface area contributed by atoms with Gasteiger partial charge in [0.1, 0.15) is 11.2 Å². The number of nitrogens with zero attached hydrogens (tertiary/aromatic N) is 4. The maximum absolute atomic E-state index is 12.9. The number of hydrogen-bond acceptors (Lipinski definition) is 8. The van der Waals surface area contributed by atoms with Gasteiger partial charge in [0.25, 0.3) is 23.6 Å². The quantitative estimate of drug-likeness (QED) is 0.278. The first-order chi connectivity index (χ1) is 27.2. The SMILES string of the molecule is C[C@@H]1C[C@]2(CC[C@H]1N1C(=O)c3ccccc3C1=O)CCN(C(=O)OC(C)(C)C)C2.C[C@H]1C[C@]2(CCC1N1C(=O)c3ccccc3C1=O)CCN(C(=O)OC(C)(C)C)C2. The topological polar surface area (TPSA) is 134 Å². The van der Waals surface area contributed by atoms with Crippen molar-refractivity contribution in [1.29, 1.82) is 0 Å². The van der Waals surface area contributed by atoms with Gasteiger partial charge in [0.05, 0.1) is 22.3 Å². The van der Waals surface area contributed by atoms with E-state index in [1.54, 1.807) is 48.5 Å². The van der Waals surface area contributed by atoms with Crippen LogP contribution in [0.5, 0.6) is 0 Å². The molecular weight excluding hydrogens is 737 g/mol. The van der Waals surface area contributed by atoms with Crippen LogP contribution >= 0.6 is 0 Å². The van der Waals surface area contributed by atoms with Crippen molar-refractivity contribution in [2.24, 2.45) is 22.7 Å². The highest BCUT2D eigenvalue weighted by molar-refractivity contribution is 6.22. The van der Waals surface area contributed by atoms with Crippen LogP contribution in [0.25, 0.3) is 0 Å². The van der Waals surface area contributed by atoms with Crippen molar-refractivity contribution in [2.75, 3.05) is 26.2 Å². The normalized spacial score (nSPS) is 29.5. The Morgan fingerprint density at radius 3 is 1.14 bits per heavy atom. The van der Waals surface area contributed by atoms with E-state index in [9.17, 15) is 28.8 Å². The van der Waals surface area contributed by atoms with Gasteiger partial charge in [0.15, 0.2) is 0 Å². The van der Waals surface area contributed by atoms with Crippen molar-refractivity contribution in [3.8, 4) is 0 Å². The van der Waals surface area contributed by atoms with Crippen LogP contribution in [0, 0.1) is 22.7 Å².